The van der Waals surface area contributed by atoms with E-state index in [-0.39, 0.29) is 5.41 Å². The van der Waals surface area contributed by atoms with E-state index < -0.39 is 0 Å². The van der Waals surface area contributed by atoms with E-state index in [0.717, 1.165) is 13.1 Å². The lowest BCUT2D eigenvalue weighted by Crippen LogP contribution is -2.17. The van der Waals surface area contributed by atoms with Gasteiger partial charge in [-0.1, -0.05) is 57.2 Å². The zero-order valence-electron chi connectivity index (χ0n) is 14.6. The van der Waals surface area contributed by atoms with Crippen molar-refractivity contribution < 1.29 is 0 Å². The van der Waals surface area contributed by atoms with Gasteiger partial charge < -0.3 is 4.98 Å². The first-order valence-corrected chi connectivity index (χ1v) is 8.26. The average molecular weight is 306 g/mol. The van der Waals surface area contributed by atoms with Crippen LogP contribution in [0, 0.1) is 0 Å². The molecule has 0 spiro atoms. The van der Waals surface area contributed by atoms with Crippen molar-refractivity contribution in [3.05, 3.63) is 71.4 Å². The summed E-state index contributed by atoms with van der Waals surface area (Å²) in [7, 11) is 2.18. The van der Waals surface area contributed by atoms with Gasteiger partial charge in [-0.3, -0.25) is 4.90 Å². The molecule has 0 radical (unpaired) electrons. The molecule has 0 unspecified atom stereocenters. The van der Waals surface area contributed by atoms with Crippen molar-refractivity contribution in [2.45, 2.75) is 39.3 Å². The molecule has 3 rings (SSSR count). The van der Waals surface area contributed by atoms with Crippen molar-refractivity contribution in [1.29, 1.82) is 0 Å². The summed E-state index contributed by atoms with van der Waals surface area (Å²) in [5.74, 6) is 0. The van der Waals surface area contributed by atoms with Crippen molar-refractivity contribution in [2.24, 2.45) is 0 Å². The fourth-order valence-corrected chi connectivity index (χ4v) is 3.06. The minimum Gasteiger partial charge on any atom is -0.361 e. The van der Waals surface area contributed by atoms with Gasteiger partial charge in [0.05, 0.1) is 0 Å². The predicted molar refractivity (Wildman–Crippen MR) is 98.6 cm³/mol. The molecule has 120 valence electrons. The van der Waals surface area contributed by atoms with Gasteiger partial charge in [0.2, 0.25) is 0 Å². The first kappa shape index (κ1) is 15.8. The molecule has 1 heterocycles. The van der Waals surface area contributed by atoms with E-state index in [1.54, 1.807) is 0 Å². The minimum atomic E-state index is 0.217. The molecule has 1 aromatic heterocycles. The largest absolute Gasteiger partial charge is 0.361 e. The summed E-state index contributed by atoms with van der Waals surface area (Å²) >= 11 is 0. The molecule has 0 amide bonds. The van der Waals surface area contributed by atoms with Crippen LogP contribution in [0.25, 0.3) is 10.9 Å². The maximum Gasteiger partial charge on any atom is 0.0457 e. The number of aromatic nitrogens is 1. The van der Waals surface area contributed by atoms with E-state index in [1.165, 1.54) is 27.6 Å². The highest BCUT2D eigenvalue weighted by molar-refractivity contribution is 5.82. The van der Waals surface area contributed by atoms with Gasteiger partial charge in [0.25, 0.3) is 0 Å². The van der Waals surface area contributed by atoms with Crippen LogP contribution < -0.4 is 0 Å². The van der Waals surface area contributed by atoms with Crippen LogP contribution in [0.1, 0.15) is 37.5 Å². The van der Waals surface area contributed by atoms with Crippen LogP contribution in [0.5, 0.6) is 0 Å². The Kier molecular flexibility index (Phi) is 4.27. The van der Waals surface area contributed by atoms with Gasteiger partial charge in [0, 0.05) is 30.2 Å². The standard InChI is InChI=1S/C21H26N2/c1-21(2,3)18-10-8-16(9-11-18)14-23(4)15-17-6-5-7-20-19(17)12-13-22-20/h5-13,22H,14-15H2,1-4H3. The van der Waals surface area contributed by atoms with E-state index in [0.29, 0.717) is 0 Å². The smallest absolute Gasteiger partial charge is 0.0457 e. The quantitative estimate of drug-likeness (QED) is 0.710. The number of H-pyrrole nitrogens is 1. The van der Waals surface area contributed by atoms with E-state index in [2.05, 4.69) is 86.2 Å². The molecule has 0 aliphatic heterocycles. The molecule has 2 nitrogen and oxygen atoms in total. The topological polar surface area (TPSA) is 19.0 Å². The summed E-state index contributed by atoms with van der Waals surface area (Å²) in [6.07, 6.45) is 2.01. The number of nitrogens with zero attached hydrogens (tertiary/aromatic N) is 1. The Labute approximate surface area is 139 Å². The van der Waals surface area contributed by atoms with Crippen molar-refractivity contribution in [2.75, 3.05) is 7.05 Å². The lowest BCUT2D eigenvalue weighted by Gasteiger charge is -2.21. The molecule has 3 aromatic rings. The van der Waals surface area contributed by atoms with Crippen LogP contribution in [-0.2, 0) is 18.5 Å². The van der Waals surface area contributed by atoms with Gasteiger partial charge >= 0.3 is 0 Å². The first-order valence-electron chi connectivity index (χ1n) is 8.26. The first-order chi connectivity index (χ1) is 10.9. The van der Waals surface area contributed by atoms with Crippen LogP contribution in [0.3, 0.4) is 0 Å². The second-order valence-electron chi connectivity index (χ2n) is 7.48. The number of fused-ring (bicyclic) bond motifs is 1. The fraction of sp³-hybridized carbons (Fsp3) is 0.333. The van der Waals surface area contributed by atoms with Crippen molar-refractivity contribution in [1.82, 2.24) is 9.88 Å². The fourth-order valence-electron chi connectivity index (χ4n) is 3.06. The molecule has 2 aromatic carbocycles. The number of aromatic amines is 1. The third-order valence-electron chi connectivity index (χ3n) is 4.40. The van der Waals surface area contributed by atoms with Crippen LogP contribution in [0.15, 0.2) is 54.7 Å². The van der Waals surface area contributed by atoms with E-state index >= 15 is 0 Å². The Balaban J connectivity index is 1.70. The van der Waals surface area contributed by atoms with Gasteiger partial charge in [-0.2, -0.15) is 0 Å². The zero-order chi connectivity index (χ0) is 16.4. The summed E-state index contributed by atoms with van der Waals surface area (Å²) in [5, 5.41) is 1.32. The van der Waals surface area contributed by atoms with Crippen molar-refractivity contribution in [3.8, 4) is 0 Å². The van der Waals surface area contributed by atoms with E-state index in [4.69, 9.17) is 0 Å². The molecule has 0 saturated heterocycles. The number of rotatable bonds is 4. The summed E-state index contributed by atoms with van der Waals surface area (Å²) in [6.45, 7) is 8.68. The highest BCUT2D eigenvalue weighted by Gasteiger charge is 2.13. The molecular formula is C21H26N2. The Morgan fingerprint density at radius 2 is 1.65 bits per heavy atom. The number of benzene rings is 2. The third-order valence-corrected chi connectivity index (χ3v) is 4.40. The van der Waals surface area contributed by atoms with Gasteiger partial charge in [-0.15, -0.1) is 0 Å². The maximum atomic E-state index is 3.28. The second kappa shape index (κ2) is 6.21. The summed E-state index contributed by atoms with van der Waals surface area (Å²) in [5.41, 5.74) is 5.56. The minimum absolute atomic E-state index is 0.217. The molecule has 2 heteroatoms. The molecule has 0 fully saturated rings. The van der Waals surface area contributed by atoms with Crippen molar-refractivity contribution in [3.63, 3.8) is 0 Å². The molecule has 0 saturated carbocycles. The van der Waals surface area contributed by atoms with Crippen LogP contribution in [-0.4, -0.2) is 16.9 Å². The molecule has 0 aliphatic carbocycles. The Bertz CT molecular complexity index is 775. The molecular weight excluding hydrogens is 280 g/mol. The van der Waals surface area contributed by atoms with E-state index in [9.17, 15) is 0 Å². The maximum absolute atomic E-state index is 3.28. The molecule has 0 atom stereocenters. The summed E-state index contributed by atoms with van der Waals surface area (Å²) in [4.78, 5) is 5.65. The normalized spacial score (nSPS) is 12.2. The predicted octanol–water partition coefficient (Wildman–Crippen LogP) is 5.10. The van der Waals surface area contributed by atoms with Crippen LogP contribution in [0.4, 0.5) is 0 Å². The zero-order valence-corrected chi connectivity index (χ0v) is 14.6. The molecule has 0 bridgehead atoms. The number of hydrogen-bond acceptors (Lipinski definition) is 1. The van der Waals surface area contributed by atoms with Gasteiger partial charge in [0.15, 0.2) is 0 Å². The Hall–Kier alpha value is -2.06. The van der Waals surface area contributed by atoms with Gasteiger partial charge in [-0.05, 0) is 41.3 Å². The van der Waals surface area contributed by atoms with Gasteiger partial charge in [-0.25, -0.2) is 0 Å². The van der Waals surface area contributed by atoms with Gasteiger partial charge in [0.1, 0.15) is 0 Å². The highest BCUT2D eigenvalue weighted by Crippen LogP contribution is 2.23. The SMILES string of the molecule is CN(Cc1ccc(C(C)(C)C)cc1)Cc1cccc2[nH]ccc12. The van der Waals surface area contributed by atoms with Crippen LogP contribution in [0.2, 0.25) is 0 Å². The molecule has 0 aliphatic rings. The molecule has 1 N–H and O–H groups in total. The Morgan fingerprint density at radius 3 is 2.35 bits per heavy atom. The van der Waals surface area contributed by atoms with Crippen molar-refractivity contribution >= 4 is 10.9 Å². The second-order valence-corrected chi connectivity index (χ2v) is 7.48. The number of nitrogens with one attached hydrogen (secondary N) is 1. The highest BCUT2D eigenvalue weighted by atomic mass is 15.1. The summed E-state index contributed by atoms with van der Waals surface area (Å²) < 4.78 is 0. The summed E-state index contributed by atoms with van der Waals surface area (Å²) in [6, 6.07) is 17.7. The Morgan fingerprint density at radius 1 is 0.913 bits per heavy atom. The third kappa shape index (κ3) is 3.65. The monoisotopic (exact) mass is 306 g/mol. The lowest BCUT2D eigenvalue weighted by atomic mass is 9.87. The number of hydrogen-bond donors (Lipinski definition) is 1. The van der Waals surface area contributed by atoms with E-state index in [1.807, 2.05) is 6.20 Å². The molecule has 23 heavy (non-hydrogen) atoms. The average Bonchev–Trinajstić information content (AvgIpc) is 2.96. The van der Waals surface area contributed by atoms with Crippen LogP contribution >= 0.6 is 0 Å². The lowest BCUT2D eigenvalue weighted by molar-refractivity contribution is 0.320.